The lowest BCUT2D eigenvalue weighted by molar-refractivity contribution is -0.137. The van der Waals surface area contributed by atoms with Crippen molar-refractivity contribution in [2.75, 3.05) is 6.61 Å². The van der Waals surface area contributed by atoms with Gasteiger partial charge in [0.2, 0.25) is 0 Å². The van der Waals surface area contributed by atoms with Gasteiger partial charge in [-0.15, -0.1) is 0 Å². The number of aliphatic imine (C=N–C) groups is 1. The van der Waals surface area contributed by atoms with Crippen molar-refractivity contribution in [2.24, 2.45) is 10.9 Å². The summed E-state index contributed by atoms with van der Waals surface area (Å²) in [5.41, 5.74) is 1.22. The standard InChI is InChI=1S/C24H23Cl2FN2O2S/c1-5-31-22(30)20-19(13(2)3)29-21(14-6-8-15(25)9-7-14)24(4,28-23(29)32-20)17-11-10-16(26)12-18(17)27/h6-13,21H,5H2,1-4H3/t21-,24+/m1/s1. The van der Waals surface area contributed by atoms with E-state index in [4.69, 9.17) is 32.9 Å². The van der Waals surface area contributed by atoms with Crippen molar-refractivity contribution >= 4 is 46.1 Å². The topological polar surface area (TPSA) is 41.9 Å². The van der Waals surface area contributed by atoms with Gasteiger partial charge in [0, 0.05) is 21.3 Å². The molecule has 0 fully saturated rings. The third-order valence-electron chi connectivity index (χ3n) is 5.68. The summed E-state index contributed by atoms with van der Waals surface area (Å²) in [6, 6.07) is 11.7. The fraction of sp³-hybridized carbons (Fsp3) is 0.333. The van der Waals surface area contributed by atoms with Gasteiger partial charge in [0.1, 0.15) is 16.3 Å². The van der Waals surface area contributed by atoms with Crippen LogP contribution < -0.4 is 0 Å². The van der Waals surface area contributed by atoms with Gasteiger partial charge in [-0.25, -0.2) is 14.2 Å². The maximum Gasteiger partial charge on any atom is 0.346 e. The molecule has 0 aliphatic carbocycles. The Morgan fingerprint density at radius 3 is 2.47 bits per heavy atom. The van der Waals surface area contributed by atoms with E-state index in [-0.39, 0.29) is 24.5 Å². The Morgan fingerprint density at radius 2 is 1.88 bits per heavy atom. The highest BCUT2D eigenvalue weighted by molar-refractivity contribution is 8.18. The molecule has 2 atom stereocenters. The predicted octanol–water partition coefficient (Wildman–Crippen LogP) is 6.94. The maximum atomic E-state index is 15.2. The second-order valence-corrected chi connectivity index (χ2v) is 10.0. The van der Waals surface area contributed by atoms with Crippen molar-refractivity contribution in [1.29, 1.82) is 0 Å². The molecule has 0 N–H and O–H groups in total. The smallest absolute Gasteiger partial charge is 0.346 e. The van der Waals surface area contributed by atoms with Crippen LogP contribution in [0.1, 0.15) is 44.9 Å². The number of halogens is 3. The highest BCUT2D eigenvalue weighted by Gasteiger charge is 2.54. The highest BCUT2D eigenvalue weighted by Crippen LogP contribution is 2.56. The molecule has 2 aromatic carbocycles. The van der Waals surface area contributed by atoms with Gasteiger partial charge >= 0.3 is 5.97 Å². The zero-order valence-corrected chi connectivity index (χ0v) is 20.5. The Balaban J connectivity index is 1.92. The molecule has 2 aliphatic heterocycles. The quantitative estimate of drug-likeness (QED) is 0.424. The molecule has 32 heavy (non-hydrogen) atoms. The van der Waals surface area contributed by atoms with E-state index in [0.29, 0.717) is 25.7 Å². The molecule has 0 unspecified atom stereocenters. The van der Waals surface area contributed by atoms with Gasteiger partial charge in [-0.2, -0.15) is 0 Å². The lowest BCUT2D eigenvalue weighted by Gasteiger charge is -2.37. The number of carbonyl (C=O) groups excluding carboxylic acids is 1. The van der Waals surface area contributed by atoms with Gasteiger partial charge < -0.3 is 9.64 Å². The molecule has 168 valence electrons. The summed E-state index contributed by atoms with van der Waals surface area (Å²) in [5.74, 6) is -0.774. The monoisotopic (exact) mass is 492 g/mol. The first-order valence-corrected chi connectivity index (χ1v) is 11.9. The third-order valence-corrected chi connectivity index (χ3v) is 7.22. The summed E-state index contributed by atoms with van der Waals surface area (Å²) >= 11 is 13.4. The van der Waals surface area contributed by atoms with Crippen LogP contribution in [0.4, 0.5) is 4.39 Å². The lowest BCUT2D eigenvalue weighted by Crippen LogP contribution is -2.36. The Labute approximate surface area is 201 Å². The van der Waals surface area contributed by atoms with Crippen molar-refractivity contribution in [1.82, 2.24) is 4.90 Å². The first-order chi connectivity index (χ1) is 15.2. The summed E-state index contributed by atoms with van der Waals surface area (Å²) in [7, 11) is 0. The molecule has 4 nitrogen and oxygen atoms in total. The van der Waals surface area contributed by atoms with Gasteiger partial charge in [0.15, 0.2) is 5.17 Å². The van der Waals surface area contributed by atoms with Crippen LogP contribution in [0, 0.1) is 11.7 Å². The van der Waals surface area contributed by atoms with Crippen molar-refractivity contribution < 1.29 is 13.9 Å². The van der Waals surface area contributed by atoms with Gasteiger partial charge in [-0.3, -0.25) is 0 Å². The van der Waals surface area contributed by atoms with Gasteiger partial charge in [0.25, 0.3) is 0 Å². The van der Waals surface area contributed by atoms with E-state index in [0.717, 1.165) is 11.3 Å². The molecule has 0 amide bonds. The summed E-state index contributed by atoms with van der Waals surface area (Å²) < 4.78 is 20.5. The number of hydrogen-bond acceptors (Lipinski definition) is 5. The number of hydrogen-bond donors (Lipinski definition) is 0. The van der Waals surface area contributed by atoms with Gasteiger partial charge in [-0.05, 0) is 61.4 Å². The minimum absolute atomic E-state index is 0.0156. The normalized spacial score (nSPS) is 22.4. The Hall–Kier alpha value is -2.02. The number of nitrogens with zero attached hydrogens (tertiary/aromatic N) is 2. The number of allylic oxidation sites excluding steroid dienone is 1. The first kappa shape index (κ1) is 23.1. The number of thioether (sulfide) groups is 1. The van der Waals surface area contributed by atoms with Crippen LogP contribution in [0.3, 0.4) is 0 Å². The number of rotatable bonds is 5. The van der Waals surface area contributed by atoms with Crippen molar-refractivity contribution in [2.45, 2.75) is 39.3 Å². The molecular formula is C24H23Cl2FN2O2S. The highest BCUT2D eigenvalue weighted by atomic mass is 35.5. The SMILES string of the molecule is CCOC(=O)C1=C(C(C)C)N2C(=N[C@@](C)(c3ccc(Cl)cc3F)[C@H]2c2ccc(Cl)cc2)S1. The molecule has 0 saturated carbocycles. The van der Waals surface area contributed by atoms with Crippen molar-refractivity contribution in [3.05, 3.63) is 80.1 Å². The summed E-state index contributed by atoms with van der Waals surface area (Å²) in [6.07, 6.45) is 0. The average Bonchev–Trinajstić information content (AvgIpc) is 3.21. The van der Waals surface area contributed by atoms with E-state index in [2.05, 4.69) is 4.90 Å². The summed E-state index contributed by atoms with van der Waals surface area (Å²) in [6.45, 7) is 8.02. The van der Waals surface area contributed by atoms with Crippen LogP contribution >= 0.6 is 35.0 Å². The van der Waals surface area contributed by atoms with Crippen LogP contribution in [0.15, 0.2) is 58.1 Å². The zero-order chi connectivity index (χ0) is 23.2. The molecule has 2 aliphatic rings. The third kappa shape index (κ3) is 3.82. The number of amidine groups is 1. The van der Waals surface area contributed by atoms with E-state index >= 15 is 4.39 Å². The minimum atomic E-state index is -0.953. The second kappa shape index (κ2) is 8.73. The van der Waals surface area contributed by atoms with Gasteiger partial charge in [-0.1, -0.05) is 55.2 Å². The molecule has 8 heteroatoms. The predicted molar refractivity (Wildman–Crippen MR) is 128 cm³/mol. The Morgan fingerprint density at radius 1 is 1.22 bits per heavy atom. The van der Waals surface area contributed by atoms with E-state index in [1.54, 1.807) is 19.1 Å². The van der Waals surface area contributed by atoms with Crippen LogP contribution in [-0.4, -0.2) is 22.6 Å². The molecule has 0 saturated heterocycles. The first-order valence-electron chi connectivity index (χ1n) is 10.4. The summed E-state index contributed by atoms with van der Waals surface area (Å²) in [4.78, 5) is 20.3. The average molecular weight is 493 g/mol. The minimum Gasteiger partial charge on any atom is -0.462 e. The van der Waals surface area contributed by atoms with Crippen LogP contribution in [0.2, 0.25) is 10.0 Å². The van der Waals surface area contributed by atoms with Crippen LogP contribution in [0.25, 0.3) is 0 Å². The molecule has 4 rings (SSSR count). The fourth-order valence-electron chi connectivity index (χ4n) is 4.35. The lowest BCUT2D eigenvalue weighted by atomic mass is 9.81. The fourth-order valence-corrected chi connectivity index (χ4v) is 5.94. The van der Waals surface area contributed by atoms with E-state index in [1.807, 2.05) is 45.0 Å². The molecule has 2 aromatic rings. The molecule has 0 radical (unpaired) electrons. The summed E-state index contributed by atoms with van der Waals surface area (Å²) in [5, 5.41) is 1.58. The number of fused-ring (bicyclic) bond motifs is 1. The zero-order valence-electron chi connectivity index (χ0n) is 18.2. The molecule has 0 aromatic heterocycles. The molecular weight excluding hydrogens is 470 g/mol. The Bertz CT molecular complexity index is 1130. The second-order valence-electron chi connectivity index (χ2n) is 8.18. The molecule has 0 bridgehead atoms. The van der Waals surface area contributed by atoms with Gasteiger partial charge in [0.05, 0.1) is 12.6 Å². The number of benzene rings is 2. The number of ether oxygens (including phenoxy) is 1. The van der Waals surface area contributed by atoms with Crippen molar-refractivity contribution in [3.63, 3.8) is 0 Å². The van der Waals surface area contributed by atoms with Crippen LogP contribution in [-0.2, 0) is 15.1 Å². The molecule has 2 heterocycles. The number of esters is 1. The van der Waals surface area contributed by atoms with E-state index in [1.165, 1.54) is 17.8 Å². The van der Waals surface area contributed by atoms with E-state index in [9.17, 15) is 4.79 Å². The Kier molecular flexibility index (Phi) is 6.31. The molecule has 0 spiro atoms. The maximum absolute atomic E-state index is 15.2. The van der Waals surface area contributed by atoms with Crippen LogP contribution in [0.5, 0.6) is 0 Å². The van der Waals surface area contributed by atoms with Crippen molar-refractivity contribution in [3.8, 4) is 0 Å². The number of carbonyl (C=O) groups is 1. The van der Waals surface area contributed by atoms with E-state index < -0.39 is 11.4 Å². The largest absolute Gasteiger partial charge is 0.462 e.